The third-order valence-electron chi connectivity index (χ3n) is 5.27. The highest BCUT2D eigenvalue weighted by molar-refractivity contribution is 9.10. The summed E-state index contributed by atoms with van der Waals surface area (Å²) < 4.78 is 66.8. The lowest BCUT2D eigenvalue weighted by Crippen LogP contribution is -2.24. The predicted molar refractivity (Wildman–Crippen MR) is 129 cm³/mol. The summed E-state index contributed by atoms with van der Waals surface area (Å²) in [4.78, 5) is 30.7. The van der Waals surface area contributed by atoms with Gasteiger partial charge in [-0.3, -0.25) is 14.3 Å². The van der Waals surface area contributed by atoms with Crippen LogP contribution >= 0.6 is 15.9 Å². The average molecular weight is 581 g/mol. The molecule has 0 fully saturated rings. The van der Waals surface area contributed by atoms with Gasteiger partial charge in [0.1, 0.15) is 34.5 Å². The number of aromatic nitrogens is 3. The van der Waals surface area contributed by atoms with Crippen LogP contribution in [0.1, 0.15) is 10.4 Å². The quantitative estimate of drug-likeness (QED) is 0.306. The predicted octanol–water partition coefficient (Wildman–Crippen LogP) is 5.14. The van der Waals surface area contributed by atoms with E-state index < -0.39 is 41.0 Å². The lowest BCUT2D eigenvalue weighted by atomic mass is 10.1. The number of carbonyl (C=O) groups excluding carboxylic acids is 1. The maximum absolute atomic E-state index is 15.1. The summed E-state index contributed by atoms with van der Waals surface area (Å²) in [6, 6.07) is 9.75. The maximum Gasteiger partial charge on any atom is 0.387 e. The maximum atomic E-state index is 15.1. The number of amides is 1. The van der Waals surface area contributed by atoms with Crippen molar-refractivity contribution in [2.45, 2.75) is 6.61 Å². The number of nitrogens with one attached hydrogen (secondary N) is 1. The standard InChI is InChI=1S/C24H17BrF4N4O4/c1-32-20(18-16(26)10-14(36-2)11-17(18)27)19(23(35)33(32)21-15(25)4-3-9-30-21)31-22(34)12-5-7-13(8-6-12)37-24(28)29/h3-11,24H,1-2H3,(H,31,34). The number of hydrogen-bond donors (Lipinski definition) is 1. The molecule has 1 amide bonds. The van der Waals surface area contributed by atoms with Gasteiger partial charge in [-0.15, -0.1) is 0 Å². The van der Waals surface area contributed by atoms with Crippen molar-refractivity contribution < 1.29 is 31.8 Å². The molecule has 192 valence electrons. The Hall–Kier alpha value is -4.13. The van der Waals surface area contributed by atoms with Crippen molar-refractivity contribution in [3.63, 3.8) is 0 Å². The third-order valence-corrected chi connectivity index (χ3v) is 5.89. The van der Waals surface area contributed by atoms with E-state index in [-0.39, 0.29) is 28.6 Å². The number of carbonyl (C=O) groups is 1. The van der Waals surface area contributed by atoms with Gasteiger partial charge in [0.15, 0.2) is 5.82 Å². The number of halogens is 5. The molecule has 8 nitrogen and oxygen atoms in total. The van der Waals surface area contributed by atoms with Crippen LogP contribution in [0.15, 0.2) is 64.0 Å². The van der Waals surface area contributed by atoms with E-state index in [1.807, 2.05) is 0 Å². The van der Waals surface area contributed by atoms with Crippen LogP contribution in [-0.2, 0) is 7.05 Å². The molecule has 0 spiro atoms. The monoisotopic (exact) mass is 580 g/mol. The minimum absolute atomic E-state index is 0.0305. The normalized spacial score (nSPS) is 11.0. The van der Waals surface area contributed by atoms with Gasteiger partial charge in [0.25, 0.3) is 11.5 Å². The van der Waals surface area contributed by atoms with Crippen LogP contribution in [0.3, 0.4) is 0 Å². The zero-order valence-corrected chi connectivity index (χ0v) is 20.7. The topological polar surface area (TPSA) is 87.4 Å². The van der Waals surface area contributed by atoms with Crippen LogP contribution in [0.25, 0.3) is 17.1 Å². The molecule has 0 aliphatic heterocycles. The molecule has 1 N–H and O–H groups in total. The molecule has 37 heavy (non-hydrogen) atoms. The fourth-order valence-electron chi connectivity index (χ4n) is 3.64. The van der Waals surface area contributed by atoms with Gasteiger partial charge in [-0.25, -0.2) is 13.8 Å². The van der Waals surface area contributed by atoms with E-state index in [0.29, 0.717) is 4.47 Å². The van der Waals surface area contributed by atoms with Gasteiger partial charge in [-0.05, 0) is 52.3 Å². The summed E-state index contributed by atoms with van der Waals surface area (Å²) in [6.45, 7) is -3.05. The van der Waals surface area contributed by atoms with Crippen molar-refractivity contribution in [1.82, 2.24) is 14.3 Å². The van der Waals surface area contributed by atoms with Crippen LogP contribution in [0.5, 0.6) is 11.5 Å². The fourth-order valence-corrected chi connectivity index (χ4v) is 4.07. The third kappa shape index (κ3) is 5.07. The van der Waals surface area contributed by atoms with Crippen molar-refractivity contribution in [3.05, 3.63) is 86.8 Å². The number of nitrogens with zero attached hydrogens (tertiary/aromatic N) is 3. The molecular formula is C24H17BrF4N4O4. The van der Waals surface area contributed by atoms with E-state index in [2.05, 4.69) is 31.0 Å². The number of alkyl halides is 2. The number of rotatable bonds is 7. The van der Waals surface area contributed by atoms with Crippen molar-refractivity contribution >= 4 is 27.5 Å². The number of anilines is 1. The van der Waals surface area contributed by atoms with Gasteiger partial charge in [-0.1, -0.05) is 0 Å². The minimum atomic E-state index is -3.05. The second-order valence-corrected chi connectivity index (χ2v) is 8.35. The number of methoxy groups -OCH3 is 1. The molecule has 0 saturated heterocycles. The van der Waals surface area contributed by atoms with Crippen molar-refractivity contribution in [2.75, 3.05) is 12.4 Å². The van der Waals surface area contributed by atoms with Crippen LogP contribution in [-0.4, -0.2) is 34.0 Å². The Balaban J connectivity index is 1.88. The van der Waals surface area contributed by atoms with Crippen molar-refractivity contribution in [1.29, 1.82) is 0 Å². The molecule has 0 radical (unpaired) electrons. The van der Waals surface area contributed by atoms with Gasteiger partial charge >= 0.3 is 6.61 Å². The first kappa shape index (κ1) is 25.9. The van der Waals surface area contributed by atoms with Crippen LogP contribution in [0.2, 0.25) is 0 Å². The number of hydrogen-bond acceptors (Lipinski definition) is 5. The van der Waals surface area contributed by atoms with E-state index in [0.717, 1.165) is 33.6 Å². The molecule has 0 saturated carbocycles. The molecule has 2 aromatic carbocycles. The molecule has 0 atom stereocenters. The highest BCUT2D eigenvalue weighted by Crippen LogP contribution is 2.34. The van der Waals surface area contributed by atoms with Gasteiger partial charge in [0, 0.05) is 30.9 Å². The Morgan fingerprint density at radius 2 is 1.73 bits per heavy atom. The molecule has 0 aliphatic rings. The number of benzene rings is 2. The second-order valence-electron chi connectivity index (χ2n) is 7.50. The molecular weight excluding hydrogens is 564 g/mol. The Bertz CT molecular complexity index is 1510. The minimum Gasteiger partial charge on any atom is -0.497 e. The molecule has 0 unspecified atom stereocenters. The van der Waals surface area contributed by atoms with E-state index in [4.69, 9.17) is 4.74 Å². The first-order valence-corrected chi connectivity index (χ1v) is 11.2. The summed E-state index contributed by atoms with van der Waals surface area (Å²) in [5.41, 5.74) is -2.19. The van der Waals surface area contributed by atoms with Gasteiger partial charge in [0.05, 0.1) is 17.1 Å². The second kappa shape index (κ2) is 10.5. The van der Waals surface area contributed by atoms with Crippen LogP contribution < -0.4 is 20.3 Å². The van der Waals surface area contributed by atoms with E-state index in [1.165, 1.54) is 32.5 Å². The first-order chi connectivity index (χ1) is 17.6. The summed E-state index contributed by atoms with van der Waals surface area (Å²) in [5, 5.41) is 2.40. The van der Waals surface area contributed by atoms with E-state index in [1.54, 1.807) is 12.1 Å². The average Bonchev–Trinajstić information content (AvgIpc) is 3.08. The summed E-state index contributed by atoms with van der Waals surface area (Å²) in [7, 11) is 2.61. The summed E-state index contributed by atoms with van der Waals surface area (Å²) >= 11 is 3.30. The van der Waals surface area contributed by atoms with Crippen LogP contribution in [0, 0.1) is 11.6 Å². The lowest BCUT2D eigenvalue weighted by molar-refractivity contribution is -0.0498. The highest BCUT2D eigenvalue weighted by atomic mass is 79.9. The first-order valence-electron chi connectivity index (χ1n) is 10.4. The number of pyridine rings is 1. The molecule has 2 aromatic heterocycles. The highest BCUT2D eigenvalue weighted by Gasteiger charge is 2.28. The zero-order chi connectivity index (χ0) is 26.9. The Morgan fingerprint density at radius 3 is 2.30 bits per heavy atom. The zero-order valence-electron chi connectivity index (χ0n) is 19.1. The molecule has 0 bridgehead atoms. The van der Waals surface area contributed by atoms with Crippen molar-refractivity contribution in [2.24, 2.45) is 7.05 Å². The fraction of sp³-hybridized carbons (Fsp3) is 0.125. The summed E-state index contributed by atoms with van der Waals surface area (Å²) in [6.07, 6.45) is 1.41. The molecule has 4 rings (SSSR count). The van der Waals surface area contributed by atoms with Gasteiger partial charge in [-0.2, -0.15) is 13.5 Å². The lowest BCUT2D eigenvalue weighted by Gasteiger charge is -2.13. The van der Waals surface area contributed by atoms with Gasteiger partial charge in [0.2, 0.25) is 0 Å². The van der Waals surface area contributed by atoms with E-state index in [9.17, 15) is 18.4 Å². The molecule has 0 aliphatic carbocycles. The Labute approximate surface area is 215 Å². The summed E-state index contributed by atoms with van der Waals surface area (Å²) in [5.74, 6) is -3.11. The van der Waals surface area contributed by atoms with E-state index >= 15 is 8.78 Å². The largest absolute Gasteiger partial charge is 0.497 e. The number of ether oxygens (including phenoxy) is 2. The molecule has 13 heteroatoms. The Kier molecular flexibility index (Phi) is 7.34. The Morgan fingerprint density at radius 1 is 1.08 bits per heavy atom. The smallest absolute Gasteiger partial charge is 0.387 e. The molecule has 2 heterocycles. The SMILES string of the molecule is COc1cc(F)c(-c2c(NC(=O)c3ccc(OC(F)F)cc3)c(=O)n(-c3ncccc3Br)n2C)c(F)c1. The van der Waals surface area contributed by atoms with Gasteiger partial charge < -0.3 is 14.8 Å². The van der Waals surface area contributed by atoms with Crippen LogP contribution in [0.4, 0.5) is 23.2 Å². The van der Waals surface area contributed by atoms with Crippen molar-refractivity contribution in [3.8, 4) is 28.6 Å². The molecule has 4 aromatic rings.